The number of fused-ring (bicyclic) bond motifs is 6. The van der Waals surface area contributed by atoms with E-state index in [0.29, 0.717) is 0 Å². The summed E-state index contributed by atoms with van der Waals surface area (Å²) in [6.45, 7) is 13.6. The molecule has 0 fully saturated rings. The SMILES string of the molecule is Cc1cccc(N(c2c(C)ccc(-c3cccc4c3sc3ccccc34)c2C)c2ccc3ccc4c(N(c5cccc(C)c5)c5c(C)ccc(-c6cccc7c6sc6ccccc67)c5C)ccc5ccc2c3c54)c1. The fourth-order valence-electron chi connectivity index (χ4n) is 12.3. The standard InChI is InChI=1S/C70H52N2S2/c1-41-15-11-17-49(39-41)71(67-43(3)27-33-51(45(67)5)55-21-13-23-57-53-19-7-9-25-63(53)73-69(55)57)61-37-31-47-30-36-60-62(38-32-48-29-35-59(61)65(47)66(48)60)72(50-18-12-16-42(2)40-50)68-44(4)28-34-52(46(68)6)56-22-14-24-58-54-20-8-10-26-64(54)74-70(56)58/h7-40H,1-6H3. The van der Waals surface area contributed by atoms with Crippen LogP contribution in [0.5, 0.6) is 0 Å². The van der Waals surface area contributed by atoms with Crippen LogP contribution >= 0.6 is 22.7 Å². The summed E-state index contributed by atoms with van der Waals surface area (Å²) in [5.74, 6) is 0. The Morgan fingerprint density at radius 1 is 0.311 bits per heavy atom. The Morgan fingerprint density at radius 3 is 1.16 bits per heavy atom. The minimum atomic E-state index is 1.15. The van der Waals surface area contributed by atoms with Crippen molar-refractivity contribution in [2.75, 3.05) is 9.80 Å². The molecule has 74 heavy (non-hydrogen) atoms. The van der Waals surface area contributed by atoms with Crippen molar-refractivity contribution in [3.63, 3.8) is 0 Å². The van der Waals surface area contributed by atoms with Gasteiger partial charge in [-0.25, -0.2) is 0 Å². The Morgan fingerprint density at radius 2 is 0.716 bits per heavy atom. The molecule has 12 aromatic carbocycles. The first-order valence-corrected chi connectivity index (χ1v) is 27.3. The molecule has 0 atom stereocenters. The maximum Gasteiger partial charge on any atom is 0.0540 e. The van der Waals surface area contributed by atoms with Gasteiger partial charge in [0.1, 0.15) is 0 Å². The Balaban J connectivity index is 0.994. The van der Waals surface area contributed by atoms with Gasteiger partial charge in [0.2, 0.25) is 0 Å². The Hall–Kier alpha value is -8.28. The van der Waals surface area contributed by atoms with Gasteiger partial charge in [0.25, 0.3) is 0 Å². The van der Waals surface area contributed by atoms with E-state index in [1.807, 2.05) is 22.7 Å². The molecule has 0 radical (unpaired) electrons. The second kappa shape index (κ2) is 17.2. The van der Waals surface area contributed by atoms with Gasteiger partial charge < -0.3 is 9.80 Å². The summed E-state index contributed by atoms with van der Waals surface area (Å²) in [7, 11) is 0. The predicted molar refractivity (Wildman–Crippen MR) is 325 cm³/mol. The number of thiophene rings is 2. The Labute approximate surface area is 440 Å². The molecule has 0 bridgehead atoms. The van der Waals surface area contributed by atoms with Crippen molar-refractivity contribution < 1.29 is 0 Å². The van der Waals surface area contributed by atoms with Gasteiger partial charge in [-0.3, -0.25) is 0 Å². The maximum absolute atomic E-state index is 2.55. The van der Waals surface area contributed by atoms with Crippen LogP contribution in [0.1, 0.15) is 33.4 Å². The number of hydrogen-bond donors (Lipinski definition) is 0. The number of anilines is 6. The zero-order valence-corrected chi connectivity index (χ0v) is 44.0. The highest BCUT2D eigenvalue weighted by atomic mass is 32.1. The summed E-state index contributed by atoms with van der Waals surface area (Å²) in [5, 5.41) is 12.7. The fraction of sp³-hybridized carbons (Fsp3) is 0.0857. The third-order valence-corrected chi connectivity index (χ3v) is 18.2. The maximum atomic E-state index is 2.55. The lowest BCUT2D eigenvalue weighted by molar-refractivity contribution is 1.22. The zero-order chi connectivity index (χ0) is 49.9. The van der Waals surface area contributed by atoms with E-state index in [0.717, 1.165) is 22.7 Å². The Bertz CT molecular complexity index is 4300. The average Bonchev–Trinajstić information content (AvgIpc) is 4.04. The zero-order valence-electron chi connectivity index (χ0n) is 42.3. The van der Waals surface area contributed by atoms with Gasteiger partial charge in [0.15, 0.2) is 0 Å². The summed E-state index contributed by atoms with van der Waals surface area (Å²) >= 11 is 3.79. The summed E-state index contributed by atoms with van der Waals surface area (Å²) in [5.41, 5.74) is 19.5. The average molecular weight is 985 g/mol. The van der Waals surface area contributed by atoms with Crippen LogP contribution in [0.25, 0.3) is 94.9 Å². The molecule has 0 spiro atoms. The molecule has 14 aromatic rings. The van der Waals surface area contributed by atoms with Gasteiger partial charge >= 0.3 is 0 Å². The Kier molecular flexibility index (Phi) is 10.3. The normalized spacial score (nSPS) is 11.9. The van der Waals surface area contributed by atoms with Crippen LogP contribution in [0.3, 0.4) is 0 Å². The van der Waals surface area contributed by atoms with Gasteiger partial charge in [-0.05, 0) is 167 Å². The molecular weight excluding hydrogens is 933 g/mol. The predicted octanol–water partition coefficient (Wildman–Crippen LogP) is 21.4. The third kappa shape index (κ3) is 6.82. The smallest absolute Gasteiger partial charge is 0.0540 e. The van der Waals surface area contributed by atoms with Crippen molar-refractivity contribution in [2.45, 2.75) is 41.5 Å². The second-order valence-electron chi connectivity index (χ2n) is 20.3. The number of hydrogen-bond acceptors (Lipinski definition) is 4. The summed E-state index contributed by atoms with van der Waals surface area (Å²) in [6.07, 6.45) is 0. The highest BCUT2D eigenvalue weighted by Crippen LogP contribution is 2.52. The molecule has 0 unspecified atom stereocenters. The minimum Gasteiger partial charge on any atom is -0.309 e. The largest absolute Gasteiger partial charge is 0.309 e. The van der Waals surface area contributed by atoms with E-state index in [4.69, 9.17) is 0 Å². The lowest BCUT2D eigenvalue weighted by Crippen LogP contribution is -2.15. The monoisotopic (exact) mass is 984 g/mol. The number of benzene rings is 12. The van der Waals surface area contributed by atoms with Gasteiger partial charge in [-0.15, -0.1) is 22.7 Å². The van der Waals surface area contributed by atoms with Crippen LogP contribution in [0.15, 0.2) is 206 Å². The highest BCUT2D eigenvalue weighted by Gasteiger charge is 2.27. The number of rotatable bonds is 8. The van der Waals surface area contributed by atoms with Crippen molar-refractivity contribution >= 4 is 129 Å². The van der Waals surface area contributed by atoms with E-state index in [9.17, 15) is 0 Å². The molecule has 2 heterocycles. The molecule has 0 aliphatic carbocycles. The highest BCUT2D eigenvalue weighted by molar-refractivity contribution is 7.26. The van der Waals surface area contributed by atoms with E-state index in [-0.39, 0.29) is 0 Å². The quantitative estimate of drug-likeness (QED) is 0.140. The van der Waals surface area contributed by atoms with E-state index in [1.165, 1.54) is 140 Å². The van der Waals surface area contributed by atoms with Gasteiger partial charge in [0.05, 0.1) is 22.7 Å². The van der Waals surface area contributed by atoms with Crippen molar-refractivity contribution in [3.05, 3.63) is 240 Å². The molecule has 2 nitrogen and oxygen atoms in total. The van der Waals surface area contributed by atoms with Crippen LogP contribution < -0.4 is 9.80 Å². The fourth-order valence-corrected chi connectivity index (χ4v) is 14.8. The van der Waals surface area contributed by atoms with E-state index in [1.54, 1.807) is 0 Å². The molecule has 0 amide bonds. The van der Waals surface area contributed by atoms with Crippen LogP contribution in [-0.2, 0) is 0 Å². The topological polar surface area (TPSA) is 6.48 Å². The molecule has 14 rings (SSSR count). The third-order valence-electron chi connectivity index (χ3n) is 15.7. The van der Waals surface area contributed by atoms with Crippen LogP contribution in [0.4, 0.5) is 34.1 Å². The van der Waals surface area contributed by atoms with Gasteiger partial charge in [-0.1, -0.05) is 158 Å². The van der Waals surface area contributed by atoms with Gasteiger partial charge in [0, 0.05) is 62.5 Å². The van der Waals surface area contributed by atoms with Crippen molar-refractivity contribution in [2.24, 2.45) is 0 Å². The number of aryl methyl sites for hydroxylation is 4. The van der Waals surface area contributed by atoms with Crippen molar-refractivity contribution in [1.82, 2.24) is 0 Å². The lowest BCUT2D eigenvalue weighted by atomic mass is 9.90. The lowest BCUT2D eigenvalue weighted by Gasteiger charge is -2.32. The van der Waals surface area contributed by atoms with E-state index >= 15 is 0 Å². The number of nitrogens with zero attached hydrogens (tertiary/aromatic N) is 2. The van der Waals surface area contributed by atoms with Crippen LogP contribution in [0, 0.1) is 41.5 Å². The summed E-state index contributed by atoms with van der Waals surface area (Å²) in [6, 6.07) is 77.6. The molecule has 0 aliphatic rings. The molecule has 354 valence electrons. The van der Waals surface area contributed by atoms with Gasteiger partial charge in [-0.2, -0.15) is 0 Å². The molecule has 0 aliphatic heterocycles. The minimum absolute atomic E-state index is 1.15. The van der Waals surface area contributed by atoms with E-state index in [2.05, 4.69) is 258 Å². The first kappa shape index (κ1) is 44.4. The molecule has 4 heteroatoms. The van der Waals surface area contributed by atoms with Crippen molar-refractivity contribution in [1.29, 1.82) is 0 Å². The first-order chi connectivity index (χ1) is 36.2. The molecular formula is C70H52N2S2. The van der Waals surface area contributed by atoms with Crippen molar-refractivity contribution in [3.8, 4) is 22.3 Å². The van der Waals surface area contributed by atoms with E-state index < -0.39 is 0 Å². The molecule has 0 saturated carbocycles. The van der Waals surface area contributed by atoms with Crippen LogP contribution in [0.2, 0.25) is 0 Å². The molecule has 2 aromatic heterocycles. The summed E-state index contributed by atoms with van der Waals surface area (Å²) < 4.78 is 5.30. The summed E-state index contributed by atoms with van der Waals surface area (Å²) in [4.78, 5) is 5.10. The first-order valence-electron chi connectivity index (χ1n) is 25.7. The van der Waals surface area contributed by atoms with Crippen LogP contribution in [-0.4, -0.2) is 0 Å². The molecule has 0 N–H and O–H groups in total. The second-order valence-corrected chi connectivity index (χ2v) is 22.4. The molecule has 0 saturated heterocycles.